The number of aromatic carboxylic acids is 1. The first-order valence-corrected chi connectivity index (χ1v) is 21.6. The molecule has 0 bridgehead atoms. The zero-order valence-electron chi connectivity index (χ0n) is 34.6. The maximum atomic E-state index is 12.2. The molecule has 3 unspecified atom stereocenters. The van der Waals surface area contributed by atoms with Gasteiger partial charge in [-0.05, 0) is 122 Å². The summed E-state index contributed by atoms with van der Waals surface area (Å²) in [5.74, 6) is -0.998. The van der Waals surface area contributed by atoms with Gasteiger partial charge in [0.15, 0.2) is 5.13 Å². The quantitative estimate of drug-likeness (QED) is 0.113. The van der Waals surface area contributed by atoms with E-state index in [9.17, 15) is 19.6 Å². The molecule has 3 atom stereocenters. The van der Waals surface area contributed by atoms with Crippen LogP contribution in [0.1, 0.15) is 148 Å². The highest BCUT2D eigenvalue weighted by Crippen LogP contribution is 2.60. The average Bonchev–Trinajstić information content (AvgIpc) is 3.51. The third-order valence-electron chi connectivity index (χ3n) is 12.9. The summed E-state index contributed by atoms with van der Waals surface area (Å²) in [6.45, 7) is 24.0. The monoisotopic (exact) mass is 795 g/mol. The summed E-state index contributed by atoms with van der Waals surface area (Å²) in [5.41, 5.74) is 12.8. The van der Waals surface area contributed by atoms with E-state index in [0.717, 1.165) is 61.6 Å². The number of carboxylic acid groups (broad SMARTS) is 1. The molecule has 0 radical (unpaired) electrons. The molecule has 9 nitrogen and oxygen atoms in total. The van der Waals surface area contributed by atoms with E-state index in [4.69, 9.17) is 10.7 Å². The van der Waals surface area contributed by atoms with Gasteiger partial charge in [-0.3, -0.25) is 4.79 Å². The van der Waals surface area contributed by atoms with E-state index in [0.29, 0.717) is 11.8 Å². The molecule has 3 N–H and O–H groups in total. The summed E-state index contributed by atoms with van der Waals surface area (Å²) in [6, 6.07) is 12.9. The number of nitrogen functional groups attached to an aromatic ring is 1. The topological polar surface area (TPSA) is 129 Å². The summed E-state index contributed by atoms with van der Waals surface area (Å²) >= 11 is 3.71. The molecule has 7 rings (SSSR count). The van der Waals surface area contributed by atoms with Gasteiger partial charge in [0.1, 0.15) is 0 Å². The minimum Gasteiger partial charge on any atom is -0.478 e. The Morgan fingerprint density at radius 3 is 2.14 bits per heavy atom. The van der Waals surface area contributed by atoms with Crippen LogP contribution in [0.2, 0.25) is 0 Å². The van der Waals surface area contributed by atoms with Gasteiger partial charge in [0, 0.05) is 61.0 Å². The highest BCUT2D eigenvalue weighted by Gasteiger charge is 2.52. The molecule has 1 fully saturated rings. The van der Waals surface area contributed by atoms with Gasteiger partial charge in [0.2, 0.25) is 0 Å². The predicted molar refractivity (Wildman–Crippen MR) is 231 cm³/mol. The van der Waals surface area contributed by atoms with Crippen LogP contribution < -0.4 is 15.5 Å². The molecule has 4 aromatic rings. The van der Waals surface area contributed by atoms with E-state index < -0.39 is 11.9 Å². The fraction of sp³-hybridized carbons (Fsp3) is 0.533. The highest BCUT2D eigenvalue weighted by molar-refractivity contribution is 7.17. The lowest BCUT2D eigenvalue weighted by Gasteiger charge is -2.42. The number of thiophene rings is 1. The van der Waals surface area contributed by atoms with E-state index in [1.54, 1.807) is 18.2 Å². The second-order valence-corrected chi connectivity index (χ2v) is 21.3. The summed E-state index contributed by atoms with van der Waals surface area (Å²) < 4.78 is 0. The molecule has 2 aromatic heterocycles. The Labute approximate surface area is 339 Å². The van der Waals surface area contributed by atoms with Crippen molar-refractivity contribution in [3.63, 3.8) is 0 Å². The van der Waals surface area contributed by atoms with Crippen LogP contribution in [0.25, 0.3) is 0 Å². The van der Waals surface area contributed by atoms with E-state index in [-0.39, 0.29) is 44.5 Å². The van der Waals surface area contributed by atoms with Crippen molar-refractivity contribution in [2.45, 2.75) is 135 Å². The van der Waals surface area contributed by atoms with Gasteiger partial charge >= 0.3 is 11.9 Å². The molecule has 0 aliphatic heterocycles. The number of carbonyl (C=O) groups excluding carboxylic acids is 1. The van der Waals surface area contributed by atoms with Crippen molar-refractivity contribution < 1.29 is 14.7 Å². The molecular weight excluding hydrogens is 739 g/mol. The Bertz CT molecular complexity index is 2170. The number of hydrogen-bond donors (Lipinski definition) is 2. The van der Waals surface area contributed by atoms with E-state index in [1.807, 2.05) is 46.9 Å². The molecule has 0 spiro atoms. The second-order valence-electron chi connectivity index (χ2n) is 19.3. The van der Waals surface area contributed by atoms with Crippen molar-refractivity contribution in [2.75, 3.05) is 22.1 Å². The van der Waals surface area contributed by atoms with E-state index in [1.165, 1.54) is 31.6 Å². The number of carboxylic acids is 1. The number of amides is 1. The van der Waals surface area contributed by atoms with Gasteiger partial charge in [0.25, 0.3) is 0 Å². The zero-order chi connectivity index (χ0) is 40.7. The number of anilines is 5. The number of nitrogens with two attached hydrogens (primary N) is 1. The van der Waals surface area contributed by atoms with E-state index in [2.05, 4.69) is 84.2 Å². The lowest BCUT2D eigenvalue weighted by atomic mass is 9.63. The molecular formula is C45H57N5O4S2. The molecule has 1 saturated carbocycles. The molecule has 1 amide bonds. The summed E-state index contributed by atoms with van der Waals surface area (Å²) in [4.78, 5) is 48.1. The van der Waals surface area contributed by atoms with Gasteiger partial charge < -0.3 is 20.6 Å². The Morgan fingerprint density at radius 1 is 0.911 bits per heavy atom. The van der Waals surface area contributed by atoms with Gasteiger partial charge in [-0.2, -0.15) is 0 Å². The minimum absolute atomic E-state index is 0.0133. The van der Waals surface area contributed by atoms with Crippen molar-refractivity contribution in [3.8, 4) is 0 Å². The van der Waals surface area contributed by atoms with Crippen LogP contribution in [0.4, 0.5) is 27.2 Å². The fourth-order valence-electron chi connectivity index (χ4n) is 9.37. The van der Waals surface area contributed by atoms with Gasteiger partial charge in [-0.1, -0.05) is 62.3 Å². The number of aromatic nitrogens is 1. The molecule has 56 heavy (non-hydrogen) atoms. The van der Waals surface area contributed by atoms with Crippen LogP contribution >= 0.6 is 22.7 Å². The first-order chi connectivity index (χ1) is 26.2. The lowest BCUT2D eigenvalue weighted by Crippen LogP contribution is -2.36. The summed E-state index contributed by atoms with van der Waals surface area (Å²) in [7, 11) is 0. The van der Waals surface area contributed by atoms with Crippen molar-refractivity contribution >= 4 is 61.7 Å². The van der Waals surface area contributed by atoms with Crippen molar-refractivity contribution in [2.24, 2.45) is 17.0 Å². The number of thiazole rings is 1. The number of benzene rings is 2. The maximum absolute atomic E-state index is 12.2. The lowest BCUT2D eigenvalue weighted by molar-refractivity contribution is 0.0697. The second kappa shape index (κ2) is 14.1. The number of nitrogens with zero attached hydrogens (tertiary/aromatic N) is 4. The third-order valence-corrected chi connectivity index (χ3v) is 16.0. The third kappa shape index (κ3) is 7.07. The number of rotatable bonds is 11. The van der Waals surface area contributed by atoms with Gasteiger partial charge in [0.05, 0.1) is 16.3 Å². The largest absolute Gasteiger partial charge is 0.478 e. The smallest absolute Gasteiger partial charge is 0.337 e. The number of hydrogen-bond acceptors (Lipinski definition) is 9. The average molecular weight is 796 g/mol. The summed E-state index contributed by atoms with van der Waals surface area (Å²) in [5, 5.41) is 14.5. The van der Waals surface area contributed by atoms with Gasteiger partial charge in [-0.25, -0.2) is 9.78 Å². The van der Waals surface area contributed by atoms with Crippen LogP contribution in [0.15, 0.2) is 47.6 Å². The fourth-order valence-corrected chi connectivity index (χ4v) is 12.4. The Balaban J connectivity index is 1.26. The minimum atomic E-state index is -1.02. The Kier molecular flexibility index (Phi) is 10.1. The molecule has 3 aliphatic carbocycles. The number of fused-ring (bicyclic) bond motifs is 2. The van der Waals surface area contributed by atoms with E-state index >= 15 is 0 Å². The molecule has 298 valence electrons. The summed E-state index contributed by atoms with van der Waals surface area (Å²) in [6.07, 6.45) is 6.45. The maximum Gasteiger partial charge on any atom is 0.337 e. The van der Waals surface area contributed by atoms with Crippen molar-refractivity contribution in [3.05, 3.63) is 85.1 Å². The molecule has 0 saturated heterocycles. The zero-order valence-corrected chi connectivity index (χ0v) is 36.2. The van der Waals surface area contributed by atoms with Crippen LogP contribution in [0.3, 0.4) is 0 Å². The SMILES string of the molecule is Cc1c(N(CC(C)C)c2ccc(C(=O)O)c(N)c2)sc2c1C(C)(CC1CC1N(c1ccc(C(=O)N=O)cc1)c1nc3c(s1)C(C)(C)CCC3(C)C)CCC2(C)C. The number of nitroso groups, excluding NO2 is 1. The first-order valence-electron chi connectivity index (χ1n) is 20.0. The Morgan fingerprint density at radius 2 is 1.54 bits per heavy atom. The molecule has 3 aliphatic rings. The Hall–Kier alpha value is -4.09. The molecule has 2 heterocycles. The van der Waals surface area contributed by atoms with Crippen LogP contribution in [0, 0.1) is 23.7 Å². The van der Waals surface area contributed by atoms with Gasteiger partial charge in [-0.15, -0.1) is 27.6 Å². The normalized spacial score (nSPS) is 22.9. The first kappa shape index (κ1) is 40.1. The molecule has 11 heteroatoms. The highest BCUT2D eigenvalue weighted by atomic mass is 32.1. The van der Waals surface area contributed by atoms with Crippen molar-refractivity contribution in [1.29, 1.82) is 0 Å². The van der Waals surface area contributed by atoms with Crippen LogP contribution in [0.5, 0.6) is 0 Å². The van der Waals surface area contributed by atoms with Crippen LogP contribution in [-0.2, 0) is 21.7 Å². The number of carbonyl (C=O) groups is 2. The molecule has 2 aromatic carbocycles. The predicted octanol–water partition coefficient (Wildman–Crippen LogP) is 11.8. The van der Waals surface area contributed by atoms with Crippen molar-refractivity contribution in [1.82, 2.24) is 4.98 Å². The standard InChI is InChI=1S/C45H57N5O4S2/c1-25(2)24-49(30-15-16-31(40(52)53)32(46)22-30)39-26(3)34-36(55-39)43(6,7)19-20-45(34,10)23-28-21-33(28)50(29-13-11-27(12-14-29)38(51)48-54)41-47-35-37(56-41)44(8,9)18-17-42(35,4)5/h11-16,22,25,28,33H,17-21,23-24,46H2,1-10H3,(H,52,53). The van der Waals surface area contributed by atoms with Crippen LogP contribution in [-0.4, -0.2) is 34.6 Å².